The van der Waals surface area contributed by atoms with E-state index in [1.807, 2.05) is 0 Å². The normalized spacial score (nSPS) is 17.0. The Labute approximate surface area is 119 Å². The number of hydrogen-bond donors (Lipinski definition) is 1. The van der Waals surface area contributed by atoms with Crippen LogP contribution in [-0.4, -0.2) is 0 Å². The zero-order chi connectivity index (χ0) is 14.6. The molecule has 1 aromatic carbocycles. The van der Waals surface area contributed by atoms with Gasteiger partial charge in [0.25, 0.3) is 0 Å². The second-order valence-electron chi connectivity index (χ2n) is 7.09. The Hall–Kier alpha value is -0.820. The molecular weight excluding hydrogens is 230 g/mol. The molecule has 0 aliphatic rings. The van der Waals surface area contributed by atoms with Gasteiger partial charge in [-0.25, -0.2) is 0 Å². The van der Waals surface area contributed by atoms with E-state index in [1.165, 1.54) is 17.5 Å². The summed E-state index contributed by atoms with van der Waals surface area (Å²) in [5.41, 5.74) is 9.36. The Morgan fingerprint density at radius 1 is 1.00 bits per heavy atom. The van der Waals surface area contributed by atoms with Crippen molar-refractivity contribution < 1.29 is 0 Å². The molecule has 3 unspecified atom stereocenters. The van der Waals surface area contributed by atoms with Gasteiger partial charge in [0.15, 0.2) is 0 Å². The van der Waals surface area contributed by atoms with E-state index in [9.17, 15) is 0 Å². The summed E-state index contributed by atoms with van der Waals surface area (Å²) in [6, 6.07) is 9.06. The lowest BCUT2D eigenvalue weighted by Gasteiger charge is -2.29. The smallest absolute Gasteiger partial charge is 0.0297 e. The van der Waals surface area contributed by atoms with E-state index in [2.05, 4.69) is 65.8 Å². The molecule has 0 aliphatic heterocycles. The first kappa shape index (κ1) is 16.2. The first-order chi connectivity index (χ1) is 8.75. The van der Waals surface area contributed by atoms with Crippen molar-refractivity contribution in [1.82, 2.24) is 0 Å². The average molecular weight is 261 g/mol. The Balaban J connectivity index is 2.70. The van der Waals surface area contributed by atoms with Gasteiger partial charge in [0, 0.05) is 6.04 Å². The predicted molar refractivity (Wildman–Crippen MR) is 85.3 cm³/mol. The highest BCUT2D eigenvalue weighted by Gasteiger charge is 2.22. The summed E-state index contributed by atoms with van der Waals surface area (Å²) in [6.07, 6.45) is 2.23. The van der Waals surface area contributed by atoms with Crippen molar-refractivity contribution in [3.05, 3.63) is 35.4 Å². The van der Waals surface area contributed by atoms with E-state index >= 15 is 0 Å². The van der Waals surface area contributed by atoms with Gasteiger partial charge in [-0.3, -0.25) is 0 Å². The molecule has 0 fully saturated rings. The van der Waals surface area contributed by atoms with Gasteiger partial charge >= 0.3 is 0 Å². The van der Waals surface area contributed by atoms with Crippen molar-refractivity contribution in [2.75, 3.05) is 0 Å². The standard InChI is InChI=1S/C18H31N/c1-7-13(2)15-8-10-16(11-9-15)17(19)12-14(3)18(4,5)6/h8-11,13-14,17H,7,12,19H2,1-6H3. The summed E-state index contributed by atoms with van der Waals surface area (Å²) in [6.45, 7) is 13.7. The van der Waals surface area contributed by atoms with E-state index < -0.39 is 0 Å². The summed E-state index contributed by atoms with van der Waals surface area (Å²) in [5, 5.41) is 0. The molecule has 0 aromatic heterocycles. The van der Waals surface area contributed by atoms with E-state index in [1.54, 1.807) is 0 Å². The van der Waals surface area contributed by atoms with Crippen molar-refractivity contribution in [3.8, 4) is 0 Å². The predicted octanol–water partition coefficient (Wildman–Crippen LogP) is 5.27. The largest absolute Gasteiger partial charge is 0.324 e. The lowest BCUT2D eigenvalue weighted by molar-refractivity contribution is 0.234. The minimum absolute atomic E-state index is 0.153. The van der Waals surface area contributed by atoms with Gasteiger partial charge in [-0.2, -0.15) is 0 Å². The molecule has 19 heavy (non-hydrogen) atoms. The van der Waals surface area contributed by atoms with Crippen LogP contribution in [0.15, 0.2) is 24.3 Å². The first-order valence-electron chi connectivity index (χ1n) is 7.61. The van der Waals surface area contributed by atoms with Crippen molar-refractivity contribution in [1.29, 1.82) is 0 Å². The van der Waals surface area contributed by atoms with Crippen LogP contribution < -0.4 is 5.73 Å². The van der Waals surface area contributed by atoms with Crippen LogP contribution in [0.4, 0.5) is 0 Å². The van der Waals surface area contributed by atoms with E-state index in [0.717, 1.165) is 6.42 Å². The molecule has 0 spiro atoms. The summed E-state index contributed by atoms with van der Waals surface area (Å²) in [4.78, 5) is 0. The summed E-state index contributed by atoms with van der Waals surface area (Å²) in [7, 11) is 0. The van der Waals surface area contributed by atoms with Gasteiger partial charge in [-0.1, -0.05) is 65.8 Å². The van der Waals surface area contributed by atoms with Crippen LogP contribution in [0.2, 0.25) is 0 Å². The molecule has 0 heterocycles. The van der Waals surface area contributed by atoms with Crippen molar-refractivity contribution in [2.24, 2.45) is 17.1 Å². The molecule has 0 bridgehead atoms. The minimum atomic E-state index is 0.153. The fraction of sp³-hybridized carbons (Fsp3) is 0.667. The second kappa shape index (κ2) is 6.56. The van der Waals surface area contributed by atoms with Gasteiger partial charge in [0.1, 0.15) is 0 Å². The molecule has 1 aromatic rings. The average Bonchev–Trinajstić information content (AvgIpc) is 2.36. The quantitative estimate of drug-likeness (QED) is 0.767. The molecule has 2 N–H and O–H groups in total. The summed E-state index contributed by atoms with van der Waals surface area (Å²) >= 11 is 0. The molecule has 1 heteroatoms. The third kappa shape index (κ3) is 4.65. The van der Waals surface area contributed by atoms with Gasteiger partial charge in [-0.15, -0.1) is 0 Å². The molecule has 1 rings (SSSR count). The van der Waals surface area contributed by atoms with Gasteiger partial charge in [-0.05, 0) is 41.2 Å². The number of rotatable bonds is 5. The van der Waals surface area contributed by atoms with Crippen molar-refractivity contribution >= 4 is 0 Å². The fourth-order valence-electron chi connectivity index (χ4n) is 2.18. The maximum absolute atomic E-state index is 6.35. The monoisotopic (exact) mass is 261 g/mol. The Kier molecular flexibility index (Phi) is 5.61. The second-order valence-corrected chi connectivity index (χ2v) is 7.09. The van der Waals surface area contributed by atoms with Gasteiger partial charge in [0.2, 0.25) is 0 Å². The molecule has 0 saturated carbocycles. The maximum Gasteiger partial charge on any atom is 0.0297 e. The number of nitrogens with two attached hydrogens (primary N) is 1. The highest BCUT2D eigenvalue weighted by atomic mass is 14.6. The third-order valence-corrected chi connectivity index (χ3v) is 4.63. The molecule has 3 atom stereocenters. The molecule has 0 amide bonds. The summed E-state index contributed by atoms with van der Waals surface area (Å²) < 4.78 is 0. The number of hydrogen-bond acceptors (Lipinski definition) is 1. The van der Waals surface area contributed by atoms with E-state index in [4.69, 9.17) is 5.73 Å². The SMILES string of the molecule is CCC(C)c1ccc(C(N)CC(C)C(C)(C)C)cc1. The Bertz CT molecular complexity index is 372. The molecule has 0 aliphatic carbocycles. The maximum atomic E-state index is 6.35. The van der Waals surface area contributed by atoms with Crippen LogP contribution >= 0.6 is 0 Å². The van der Waals surface area contributed by atoms with Crippen LogP contribution in [-0.2, 0) is 0 Å². The Morgan fingerprint density at radius 2 is 1.47 bits per heavy atom. The lowest BCUT2D eigenvalue weighted by atomic mass is 9.77. The van der Waals surface area contributed by atoms with Crippen LogP contribution in [0.3, 0.4) is 0 Å². The zero-order valence-electron chi connectivity index (χ0n) is 13.5. The highest BCUT2D eigenvalue weighted by molar-refractivity contribution is 5.27. The van der Waals surface area contributed by atoms with E-state index in [-0.39, 0.29) is 6.04 Å². The van der Waals surface area contributed by atoms with Gasteiger partial charge < -0.3 is 5.73 Å². The molecule has 0 saturated heterocycles. The molecule has 108 valence electrons. The summed E-state index contributed by atoms with van der Waals surface area (Å²) in [5.74, 6) is 1.26. The lowest BCUT2D eigenvalue weighted by Crippen LogP contribution is -2.23. The molecule has 0 radical (unpaired) electrons. The third-order valence-electron chi connectivity index (χ3n) is 4.63. The molecule has 1 nitrogen and oxygen atoms in total. The first-order valence-corrected chi connectivity index (χ1v) is 7.61. The zero-order valence-corrected chi connectivity index (χ0v) is 13.5. The van der Waals surface area contributed by atoms with E-state index in [0.29, 0.717) is 17.3 Å². The highest BCUT2D eigenvalue weighted by Crippen LogP contribution is 2.32. The van der Waals surface area contributed by atoms with Crippen LogP contribution in [0.25, 0.3) is 0 Å². The van der Waals surface area contributed by atoms with Crippen molar-refractivity contribution in [2.45, 2.75) is 66.3 Å². The van der Waals surface area contributed by atoms with Crippen LogP contribution in [0.5, 0.6) is 0 Å². The van der Waals surface area contributed by atoms with Crippen LogP contribution in [0, 0.1) is 11.3 Å². The van der Waals surface area contributed by atoms with Gasteiger partial charge in [0.05, 0.1) is 0 Å². The van der Waals surface area contributed by atoms with Crippen LogP contribution in [0.1, 0.15) is 77.5 Å². The topological polar surface area (TPSA) is 26.0 Å². The minimum Gasteiger partial charge on any atom is -0.324 e. The fourth-order valence-corrected chi connectivity index (χ4v) is 2.18. The number of benzene rings is 1. The molecular formula is C18H31N. The van der Waals surface area contributed by atoms with Crippen molar-refractivity contribution in [3.63, 3.8) is 0 Å². The Morgan fingerprint density at radius 3 is 1.89 bits per heavy atom.